The number of hydrogen-bond donors (Lipinski definition) is 9. The Labute approximate surface area is 552 Å². The number of hydrogen-bond acceptors (Lipinski definition) is 15. The van der Waals surface area contributed by atoms with Crippen molar-refractivity contribution in [2.45, 2.75) is 154 Å². The molecule has 23 heteroatoms. The summed E-state index contributed by atoms with van der Waals surface area (Å²) in [5.74, 6) is -11.9. The summed E-state index contributed by atoms with van der Waals surface area (Å²) in [6, 6.07) is 19.5. The first-order valence-corrected chi connectivity index (χ1v) is 33.2. The van der Waals surface area contributed by atoms with Crippen LogP contribution in [0, 0.1) is 47.3 Å². The number of aliphatic imine (C=N–C) groups is 1. The Morgan fingerprint density at radius 3 is 1.72 bits per heavy atom. The fourth-order valence-electron chi connectivity index (χ4n) is 13.7. The van der Waals surface area contributed by atoms with Gasteiger partial charge < -0.3 is 46.8 Å². The fraction of sp³-hybridized carbons (Fsp3) is 0.486. The fourth-order valence-corrected chi connectivity index (χ4v) is 13.7. The Kier molecular flexibility index (Phi) is 26.0. The lowest BCUT2D eigenvalue weighted by atomic mass is 9.77. The smallest absolute Gasteiger partial charge is 0.309 e. The van der Waals surface area contributed by atoms with Crippen LogP contribution in [0.2, 0.25) is 0 Å². The number of para-hydroxylation sites is 2. The molecule has 506 valence electrons. The highest BCUT2D eigenvalue weighted by atomic mass is 16.3. The van der Waals surface area contributed by atoms with E-state index < -0.39 is 114 Å². The molecule has 6 aromatic rings. The van der Waals surface area contributed by atoms with Crippen LogP contribution in [0.15, 0.2) is 103 Å². The number of benzene rings is 3. The van der Waals surface area contributed by atoms with Crippen molar-refractivity contribution in [2.24, 2.45) is 63.8 Å². The van der Waals surface area contributed by atoms with Gasteiger partial charge in [-0.25, -0.2) is 9.78 Å². The van der Waals surface area contributed by atoms with Crippen LogP contribution >= 0.6 is 0 Å². The first kappa shape index (κ1) is 71.8. The van der Waals surface area contributed by atoms with E-state index in [0.29, 0.717) is 36.9 Å². The van der Waals surface area contributed by atoms with Crippen molar-refractivity contribution in [3.8, 4) is 5.75 Å². The van der Waals surface area contributed by atoms with Crippen LogP contribution in [0.1, 0.15) is 139 Å². The number of amides is 3. The minimum absolute atomic E-state index is 0.0336. The van der Waals surface area contributed by atoms with Crippen LogP contribution in [0.4, 0.5) is 0 Å². The standard InChI is InChI=1S/C72H90N10O13/c1-42(2)25-45(62(86)30-44(9-7-23-77-72(74)75)71(95)82-24-8-14-60(82)61(85)20-21-69(73)93)31-64(88)47(27-50-37-78-57-12-5-3-10-55(50)57)33-63(87)46(26-43-15-17-54(84)18-16-43)32-67(91)52(40-83)36-66(90)48(28-51-38-79-58-13-6-4-11-56(51)58)34-65(89)49(29-53-39-76-41-80-53)35-68(92)59-19-22-70(94)81-59/h3-6,10-13,15-18,37-39,41-42,44-49,52,59-60,78-79,83-84H,7-9,14,19-36,40H2,1-2H3,(H2,73,93)(H,76,80)(H,81,94)(H4,74,75,77)/p+1/t44-,45-,46-,47-,48-,49-,52+,59+,60+/m1/s1. The molecule has 3 amide bonds. The van der Waals surface area contributed by atoms with E-state index in [2.05, 4.69) is 36.0 Å². The monoisotopic (exact) mass is 1300 g/mol. The number of carbonyl (C=O) groups is 11. The number of phenolic OH excluding ortho intramolecular Hbond substituents is 1. The van der Waals surface area contributed by atoms with E-state index in [1.54, 1.807) is 30.7 Å². The van der Waals surface area contributed by atoms with E-state index in [1.165, 1.54) is 23.4 Å². The van der Waals surface area contributed by atoms with Crippen molar-refractivity contribution in [3.05, 3.63) is 120 Å². The molecule has 2 fully saturated rings. The average Bonchev–Trinajstić information content (AvgIpc) is 1.82. The number of carbonyl (C=O) groups excluding carboxylic acids is 11. The number of H-pyrrole nitrogens is 3. The number of quaternary nitrogens is 1. The van der Waals surface area contributed by atoms with Crippen molar-refractivity contribution >= 4 is 91.8 Å². The van der Waals surface area contributed by atoms with E-state index in [9.17, 15) is 53.4 Å². The lowest BCUT2D eigenvalue weighted by molar-refractivity contribution is -0.305. The van der Waals surface area contributed by atoms with Gasteiger partial charge in [-0.2, -0.15) is 0 Å². The molecule has 2 saturated heterocycles. The topological polar surface area (TPSA) is 396 Å². The third kappa shape index (κ3) is 20.5. The molecule has 0 spiro atoms. The minimum atomic E-state index is -1.33. The number of phenols is 1. The molecule has 2 aliphatic rings. The molecule has 8 rings (SSSR count). The number of guanidine groups is 1. The Bertz CT molecular complexity index is 3730. The summed E-state index contributed by atoms with van der Waals surface area (Å²) < 4.78 is 0. The third-order valence-electron chi connectivity index (χ3n) is 18.9. The summed E-state index contributed by atoms with van der Waals surface area (Å²) in [5, 5.41) is 25.7. The maximum absolute atomic E-state index is 15.4. The van der Waals surface area contributed by atoms with E-state index in [-0.39, 0.29) is 144 Å². The summed E-state index contributed by atoms with van der Waals surface area (Å²) in [5.41, 5.74) is 18.8. The normalized spacial score (nSPS) is 17.0. The molecule has 95 heavy (non-hydrogen) atoms. The van der Waals surface area contributed by atoms with Crippen LogP contribution in [0.5, 0.6) is 5.75 Å². The van der Waals surface area contributed by atoms with Crippen LogP contribution in [0.25, 0.3) is 21.8 Å². The maximum Gasteiger partial charge on any atom is 0.309 e. The number of Topliss-reactive ketones (excluding diaryl/α,β-unsaturated/α-hetero) is 8. The van der Waals surface area contributed by atoms with E-state index in [1.807, 2.05) is 62.4 Å². The number of aliphatic hydroxyl groups excluding tert-OH is 1. The van der Waals surface area contributed by atoms with Crippen molar-refractivity contribution < 1.29 is 68.7 Å². The molecule has 13 N–H and O–H groups in total. The third-order valence-corrected chi connectivity index (χ3v) is 18.9. The highest BCUT2D eigenvalue weighted by molar-refractivity contribution is 5.99. The number of rotatable bonds is 41. The van der Waals surface area contributed by atoms with Crippen LogP contribution in [-0.2, 0) is 78.4 Å². The van der Waals surface area contributed by atoms with Crippen molar-refractivity contribution in [1.82, 2.24) is 30.2 Å². The van der Waals surface area contributed by atoms with Gasteiger partial charge in [0, 0.05) is 158 Å². The molecule has 2 aliphatic heterocycles. The lowest BCUT2D eigenvalue weighted by Gasteiger charge is -2.29. The summed E-state index contributed by atoms with van der Waals surface area (Å²) in [6.45, 7) is 3.50. The van der Waals surface area contributed by atoms with Crippen LogP contribution in [-0.4, -0.2) is 137 Å². The summed E-state index contributed by atoms with van der Waals surface area (Å²) >= 11 is 0. The lowest BCUT2D eigenvalue weighted by Crippen LogP contribution is -2.57. The van der Waals surface area contributed by atoms with Gasteiger partial charge >= 0.3 is 5.91 Å². The van der Waals surface area contributed by atoms with Crippen molar-refractivity contribution in [2.75, 3.05) is 19.7 Å². The molecule has 0 aliphatic carbocycles. The van der Waals surface area contributed by atoms with E-state index in [4.69, 9.17) is 11.5 Å². The molecular formula is C72H91N10O13+. The Hall–Kier alpha value is -9.09. The summed E-state index contributed by atoms with van der Waals surface area (Å²) in [4.78, 5) is 175. The Balaban J connectivity index is 1.05. The SMILES string of the molecule is CC(C)C[C@H](CC(=O)[C@@H](CC(=O)[C@@H](CC(=O)[C@H](CO)CC(=O)[C@@H](CC(=O)[C@@H](CC(=O)[C@@H]1CCC(=O)N1)Cc1cnc[nH]1)Cc1c[nH]c2ccccc12)Cc1ccc(O)cc1)Cc1c[nH]c2ccccc12)C(=O)C[C@@H](CCCN=C(N)N)C(=O)N1CCC[C@H]1C(=O)CCC([NH3+])=O. The second-order valence-electron chi connectivity index (χ2n) is 26.5. The molecular weight excluding hydrogens is 1210 g/mol. The second kappa shape index (κ2) is 34.4. The quantitative estimate of drug-likeness (QED) is 0.0123. The van der Waals surface area contributed by atoms with Gasteiger partial charge in [-0.15, -0.1) is 0 Å². The van der Waals surface area contributed by atoms with E-state index in [0.717, 1.165) is 32.9 Å². The van der Waals surface area contributed by atoms with E-state index >= 15 is 9.59 Å². The number of aromatic nitrogens is 4. The average molecular weight is 1300 g/mol. The van der Waals surface area contributed by atoms with Crippen molar-refractivity contribution in [1.29, 1.82) is 0 Å². The zero-order valence-corrected chi connectivity index (χ0v) is 54.4. The number of nitrogens with one attached hydrogen (secondary N) is 4. The number of nitrogens with zero attached hydrogens (tertiary/aromatic N) is 3. The predicted molar refractivity (Wildman–Crippen MR) is 354 cm³/mol. The maximum atomic E-state index is 15.4. The largest absolute Gasteiger partial charge is 0.508 e. The molecule has 0 radical (unpaired) electrons. The molecule has 3 aromatic carbocycles. The number of aliphatic hydroxyl groups is 1. The highest BCUT2D eigenvalue weighted by Gasteiger charge is 2.41. The van der Waals surface area contributed by atoms with Gasteiger partial charge in [-0.3, -0.25) is 58.7 Å². The number of nitrogens with two attached hydrogens (primary N) is 2. The number of aromatic hydroxyl groups is 1. The Morgan fingerprint density at radius 1 is 0.642 bits per heavy atom. The molecule has 5 heterocycles. The first-order chi connectivity index (χ1) is 45.5. The molecule has 3 aromatic heterocycles. The zero-order valence-electron chi connectivity index (χ0n) is 54.4. The van der Waals surface area contributed by atoms with Gasteiger partial charge in [0.25, 0.3) is 0 Å². The van der Waals surface area contributed by atoms with Gasteiger partial charge in [-0.05, 0) is 111 Å². The van der Waals surface area contributed by atoms with Crippen LogP contribution < -0.4 is 22.5 Å². The van der Waals surface area contributed by atoms with Gasteiger partial charge in [0.2, 0.25) is 11.8 Å². The van der Waals surface area contributed by atoms with Gasteiger partial charge in [0.05, 0.1) is 31.4 Å². The molecule has 23 nitrogen and oxygen atoms in total. The number of fused-ring (bicyclic) bond motifs is 2. The number of imidazole rings is 1. The second-order valence-corrected chi connectivity index (χ2v) is 26.5. The molecule has 9 atom stereocenters. The predicted octanol–water partition coefficient (Wildman–Crippen LogP) is 5.86. The van der Waals surface area contributed by atoms with Crippen molar-refractivity contribution in [3.63, 3.8) is 0 Å². The zero-order chi connectivity index (χ0) is 68.3. The summed E-state index contributed by atoms with van der Waals surface area (Å²) in [7, 11) is 0. The van der Waals surface area contributed by atoms with Gasteiger partial charge in [-0.1, -0.05) is 62.4 Å². The molecule has 0 bridgehead atoms. The molecule has 0 saturated carbocycles. The number of ketones is 8. The number of likely N-dealkylation sites (tertiary alicyclic amines) is 1. The molecule has 0 unspecified atom stereocenters. The van der Waals surface area contributed by atoms with Gasteiger partial charge in [0.1, 0.15) is 40.4 Å². The first-order valence-electron chi connectivity index (χ1n) is 33.2. The Morgan fingerprint density at radius 2 is 1.18 bits per heavy atom. The van der Waals surface area contributed by atoms with Crippen LogP contribution in [0.3, 0.4) is 0 Å². The highest BCUT2D eigenvalue weighted by Crippen LogP contribution is 2.34. The number of aromatic amines is 3. The summed E-state index contributed by atoms with van der Waals surface area (Å²) in [6.07, 6.45) is 6.36. The minimum Gasteiger partial charge on any atom is -0.508 e. The van der Waals surface area contributed by atoms with Gasteiger partial charge in [0.15, 0.2) is 17.5 Å².